The van der Waals surface area contributed by atoms with Crippen molar-refractivity contribution in [2.24, 2.45) is 5.92 Å². The van der Waals surface area contributed by atoms with Gasteiger partial charge in [0, 0.05) is 0 Å². The van der Waals surface area contributed by atoms with Crippen LogP contribution in [-0.2, 0) is 4.79 Å². The lowest BCUT2D eigenvalue weighted by Crippen LogP contribution is -2.33. The van der Waals surface area contributed by atoms with Gasteiger partial charge in [0.15, 0.2) is 6.61 Å². The summed E-state index contributed by atoms with van der Waals surface area (Å²) in [7, 11) is 0. The average Bonchev–Trinajstić information content (AvgIpc) is 2.60. The summed E-state index contributed by atoms with van der Waals surface area (Å²) in [6, 6.07) is 16.1. The highest BCUT2D eigenvalue weighted by Crippen LogP contribution is 2.29. The number of carbonyl (C=O) groups is 1. The molecule has 140 valence electrons. The molecule has 1 atom stereocenters. The lowest BCUT2D eigenvalue weighted by Gasteiger charge is -2.21. The number of nitrogens with one attached hydrogen (secondary N) is 1. The molecule has 0 saturated heterocycles. The van der Waals surface area contributed by atoms with E-state index in [1.54, 1.807) is 0 Å². The van der Waals surface area contributed by atoms with Crippen LogP contribution in [-0.4, -0.2) is 12.5 Å². The standard InChI is InChI=1S/C22H28BrNO2/c1-15(2)12-20(17-8-6-5-7-9-17)24-22(25)14-26-21-11-10-18(16(3)4)13-19(21)23/h5-11,13,15-16,20H,12,14H2,1-4H3,(H,24,25)/t20-/m0/s1. The van der Waals surface area contributed by atoms with Crippen LogP contribution in [0, 0.1) is 5.92 Å². The van der Waals surface area contributed by atoms with E-state index in [9.17, 15) is 4.79 Å². The largest absolute Gasteiger partial charge is 0.483 e. The predicted octanol–water partition coefficient (Wildman–Crippen LogP) is 5.85. The van der Waals surface area contributed by atoms with Gasteiger partial charge in [-0.15, -0.1) is 0 Å². The van der Waals surface area contributed by atoms with Gasteiger partial charge >= 0.3 is 0 Å². The van der Waals surface area contributed by atoms with Gasteiger partial charge in [-0.2, -0.15) is 0 Å². The van der Waals surface area contributed by atoms with Crippen LogP contribution in [0.15, 0.2) is 53.0 Å². The number of benzene rings is 2. The molecular formula is C22H28BrNO2. The van der Waals surface area contributed by atoms with E-state index in [4.69, 9.17) is 4.74 Å². The number of rotatable bonds is 8. The van der Waals surface area contributed by atoms with Gasteiger partial charge in [0.05, 0.1) is 10.5 Å². The summed E-state index contributed by atoms with van der Waals surface area (Å²) in [5.74, 6) is 1.51. The zero-order valence-corrected chi connectivity index (χ0v) is 17.5. The Morgan fingerprint density at radius 1 is 1.04 bits per heavy atom. The normalized spacial score (nSPS) is 12.3. The maximum absolute atomic E-state index is 12.4. The monoisotopic (exact) mass is 417 g/mol. The van der Waals surface area contributed by atoms with E-state index < -0.39 is 0 Å². The Labute approximate surface area is 165 Å². The highest BCUT2D eigenvalue weighted by molar-refractivity contribution is 9.10. The Balaban J connectivity index is 1.98. The SMILES string of the molecule is CC(C)C[C@H](NC(=O)COc1ccc(C(C)C)cc1Br)c1ccccc1. The van der Waals surface area contributed by atoms with Crippen molar-refractivity contribution in [2.75, 3.05) is 6.61 Å². The number of halogens is 1. The molecule has 0 saturated carbocycles. The Hall–Kier alpha value is -1.81. The Bertz CT molecular complexity index is 713. The molecule has 0 radical (unpaired) electrons. The second-order valence-corrected chi connectivity index (χ2v) is 8.15. The molecule has 0 aliphatic carbocycles. The zero-order chi connectivity index (χ0) is 19.1. The van der Waals surface area contributed by atoms with Crippen LogP contribution in [0.2, 0.25) is 0 Å². The van der Waals surface area contributed by atoms with Gasteiger partial charge in [0.25, 0.3) is 5.91 Å². The fraction of sp³-hybridized carbons (Fsp3) is 0.409. The lowest BCUT2D eigenvalue weighted by molar-refractivity contribution is -0.124. The van der Waals surface area contributed by atoms with Crippen LogP contribution in [0.1, 0.15) is 57.2 Å². The van der Waals surface area contributed by atoms with E-state index in [0.29, 0.717) is 17.6 Å². The van der Waals surface area contributed by atoms with E-state index >= 15 is 0 Å². The second kappa shape index (κ2) is 9.77. The molecule has 1 N–H and O–H groups in total. The predicted molar refractivity (Wildman–Crippen MR) is 111 cm³/mol. The number of amides is 1. The first-order chi connectivity index (χ1) is 12.4. The lowest BCUT2D eigenvalue weighted by atomic mass is 9.97. The van der Waals surface area contributed by atoms with E-state index in [2.05, 4.69) is 61.1 Å². The molecular weight excluding hydrogens is 390 g/mol. The van der Waals surface area contributed by atoms with Crippen LogP contribution >= 0.6 is 15.9 Å². The summed E-state index contributed by atoms with van der Waals surface area (Å²) in [5, 5.41) is 3.10. The van der Waals surface area contributed by atoms with Gasteiger partial charge in [0.1, 0.15) is 5.75 Å². The third kappa shape index (κ3) is 6.17. The van der Waals surface area contributed by atoms with Gasteiger partial charge in [-0.1, -0.05) is 64.1 Å². The molecule has 0 spiro atoms. The van der Waals surface area contributed by atoms with Crippen molar-refractivity contribution in [3.05, 3.63) is 64.1 Å². The maximum atomic E-state index is 12.4. The highest BCUT2D eigenvalue weighted by Gasteiger charge is 2.16. The van der Waals surface area contributed by atoms with Crippen LogP contribution in [0.25, 0.3) is 0 Å². The Morgan fingerprint density at radius 3 is 2.31 bits per heavy atom. The molecule has 4 heteroatoms. The van der Waals surface area contributed by atoms with Crippen molar-refractivity contribution in [1.82, 2.24) is 5.32 Å². The van der Waals surface area contributed by atoms with Crippen LogP contribution in [0.4, 0.5) is 0 Å². The fourth-order valence-corrected chi connectivity index (χ4v) is 3.32. The van der Waals surface area contributed by atoms with Crippen LogP contribution < -0.4 is 10.1 Å². The number of ether oxygens (including phenoxy) is 1. The summed E-state index contributed by atoms with van der Waals surface area (Å²) < 4.78 is 6.59. The number of hydrogen-bond acceptors (Lipinski definition) is 2. The molecule has 3 nitrogen and oxygen atoms in total. The summed E-state index contributed by atoms with van der Waals surface area (Å²) in [6.45, 7) is 8.61. The molecule has 2 aromatic carbocycles. The minimum atomic E-state index is -0.112. The molecule has 1 amide bonds. The third-order valence-electron chi connectivity index (χ3n) is 4.23. The first kappa shape index (κ1) is 20.5. The quantitative estimate of drug-likeness (QED) is 0.584. The molecule has 0 aromatic heterocycles. The fourth-order valence-electron chi connectivity index (χ4n) is 2.81. The van der Waals surface area contributed by atoms with Crippen molar-refractivity contribution in [3.8, 4) is 5.75 Å². The van der Waals surface area contributed by atoms with Crippen molar-refractivity contribution in [3.63, 3.8) is 0 Å². The third-order valence-corrected chi connectivity index (χ3v) is 4.85. The maximum Gasteiger partial charge on any atom is 0.258 e. The topological polar surface area (TPSA) is 38.3 Å². The molecule has 0 aliphatic heterocycles. The van der Waals surface area contributed by atoms with Crippen molar-refractivity contribution < 1.29 is 9.53 Å². The van der Waals surface area contributed by atoms with Crippen molar-refractivity contribution in [2.45, 2.75) is 46.1 Å². The van der Waals surface area contributed by atoms with Crippen LogP contribution in [0.5, 0.6) is 5.75 Å². The van der Waals surface area contributed by atoms with Crippen molar-refractivity contribution in [1.29, 1.82) is 0 Å². The Morgan fingerprint density at radius 2 is 1.73 bits per heavy atom. The molecule has 0 fully saturated rings. The molecule has 0 bridgehead atoms. The first-order valence-corrected chi connectivity index (χ1v) is 9.92. The highest BCUT2D eigenvalue weighted by atomic mass is 79.9. The molecule has 0 aliphatic rings. The van der Waals surface area contributed by atoms with Gasteiger partial charge in [-0.05, 0) is 57.4 Å². The minimum absolute atomic E-state index is 0.000873. The summed E-state index contributed by atoms with van der Waals surface area (Å²) >= 11 is 3.53. The minimum Gasteiger partial charge on any atom is -0.483 e. The molecule has 2 aromatic rings. The van der Waals surface area contributed by atoms with Gasteiger partial charge in [-0.3, -0.25) is 4.79 Å². The first-order valence-electron chi connectivity index (χ1n) is 9.13. The van der Waals surface area contributed by atoms with E-state index in [0.717, 1.165) is 16.5 Å². The Kier molecular flexibility index (Phi) is 7.70. The second-order valence-electron chi connectivity index (χ2n) is 7.29. The summed E-state index contributed by atoms with van der Waals surface area (Å²) in [6.07, 6.45) is 0.891. The van der Waals surface area contributed by atoms with Crippen molar-refractivity contribution >= 4 is 21.8 Å². The zero-order valence-electron chi connectivity index (χ0n) is 16.0. The molecule has 26 heavy (non-hydrogen) atoms. The van der Waals surface area contributed by atoms with E-state index in [1.807, 2.05) is 36.4 Å². The van der Waals surface area contributed by atoms with E-state index in [1.165, 1.54) is 5.56 Å². The summed E-state index contributed by atoms with van der Waals surface area (Å²) in [5.41, 5.74) is 2.35. The average molecular weight is 418 g/mol. The number of carbonyl (C=O) groups excluding carboxylic acids is 1. The van der Waals surface area contributed by atoms with Crippen LogP contribution in [0.3, 0.4) is 0 Å². The molecule has 0 heterocycles. The number of hydrogen-bond donors (Lipinski definition) is 1. The van der Waals surface area contributed by atoms with E-state index in [-0.39, 0.29) is 18.6 Å². The molecule has 2 rings (SSSR count). The van der Waals surface area contributed by atoms with Gasteiger partial charge in [-0.25, -0.2) is 0 Å². The molecule has 0 unspecified atom stereocenters. The smallest absolute Gasteiger partial charge is 0.258 e. The van der Waals surface area contributed by atoms with Gasteiger partial charge in [0.2, 0.25) is 0 Å². The summed E-state index contributed by atoms with van der Waals surface area (Å²) in [4.78, 5) is 12.4. The van der Waals surface area contributed by atoms with Gasteiger partial charge < -0.3 is 10.1 Å².